The molecule has 3 N–H and O–H groups in total. The number of hydrogen-bond acceptors (Lipinski definition) is 8. The molecule has 0 amide bonds. The molecule has 13 heteroatoms. The molecule has 208 valence electrons. The summed E-state index contributed by atoms with van der Waals surface area (Å²) in [4.78, 5) is 8.34. The fourth-order valence-corrected chi connectivity index (χ4v) is 4.92. The second kappa shape index (κ2) is 11.6. The molecule has 1 aliphatic carbocycles. The Hall–Kier alpha value is -3.71. The molecule has 0 saturated heterocycles. The van der Waals surface area contributed by atoms with E-state index in [0.29, 0.717) is 37.9 Å². The number of anilines is 1. The standard InChI is InChI=1S/C26H30F3N7O3/c1-2-30-22-9-21-20(11-32-22)24(15-10-33-35(12-15)13-17(38)14-37)34-36(21)16-3-5-18(6-4-16)39-26-23(27)19(25(28)29)7-8-31-26/h7-12,16-18,25,37-38H,2-6,13-14H2,1H3,(H,30,32)/t16-,17-,18+/m1/s1. The van der Waals surface area contributed by atoms with E-state index < -0.39 is 29.8 Å². The minimum Gasteiger partial charge on any atom is -0.472 e. The first-order valence-electron chi connectivity index (χ1n) is 12.9. The van der Waals surface area contributed by atoms with E-state index in [0.717, 1.165) is 34.5 Å². The van der Waals surface area contributed by atoms with Gasteiger partial charge in [-0.2, -0.15) is 10.2 Å². The lowest BCUT2D eigenvalue weighted by Gasteiger charge is -2.29. The van der Waals surface area contributed by atoms with Crippen molar-refractivity contribution in [1.29, 1.82) is 0 Å². The number of nitrogens with zero attached hydrogens (tertiary/aromatic N) is 6. The van der Waals surface area contributed by atoms with Crippen molar-refractivity contribution < 1.29 is 28.1 Å². The maximum Gasteiger partial charge on any atom is 0.266 e. The number of aromatic nitrogens is 6. The van der Waals surface area contributed by atoms with Crippen LogP contribution in [0.3, 0.4) is 0 Å². The van der Waals surface area contributed by atoms with Gasteiger partial charge in [-0.15, -0.1) is 0 Å². The van der Waals surface area contributed by atoms with Crippen molar-refractivity contribution in [3.05, 3.63) is 48.3 Å². The summed E-state index contributed by atoms with van der Waals surface area (Å²) in [6.07, 6.45) is 4.61. The highest BCUT2D eigenvalue weighted by Gasteiger charge is 2.29. The topological polar surface area (TPSA) is 123 Å². The number of fused-ring (bicyclic) bond motifs is 1. The van der Waals surface area contributed by atoms with Gasteiger partial charge in [0, 0.05) is 42.2 Å². The van der Waals surface area contributed by atoms with Crippen LogP contribution < -0.4 is 10.1 Å². The van der Waals surface area contributed by atoms with Gasteiger partial charge < -0.3 is 20.3 Å². The molecule has 0 aromatic carbocycles. The molecule has 1 saturated carbocycles. The van der Waals surface area contributed by atoms with Gasteiger partial charge in [0.15, 0.2) is 5.82 Å². The Morgan fingerprint density at radius 1 is 1.18 bits per heavy atom. The molecular formula is C26H30F3N7O3. The summed E-state index contributed by atoms with van der Waals surface area (Å²) in [5.74, 6) is -0.794. The Balaban J connectivity index is 1.38. The van der Waals surface area contributed by atoms with Crippen molar-refractivity contribution in [2.24, 2.45) is 0 Å². The third-order valence-corrected chi connectivity index (χ3v) is 6.86. The van der Waals surface area contributed by atoms with E-state index in [9.17, 15) is 18.3 Å². The van der Waals surface area contributed by atoms with Crippen LogP contribution in [0.2, 0.25) is 0 Å². The molecule has 4 aromatic rings. The lowest BCUT2D eigenvalue weighted by atomic mass is 9.93. The van der Waals surface area contributed by atoms with Crippen LogP contribution in [0.4, 0.5) is 19.0 Å². The summed E-state index contributed by atoms with van der Waals surface area (Å²) >= 11 is 0. The quantitative estimate of drug-likeness (QED) is 0.272. The van der Waals surface area contributed by atoms with Gasteiger partial charge in [0.05, 0.1) is 42.6 Å². The van der Waals surface area contributed by atoms with Gasteiger partial charge in [0.2, 0.25) is 0 Å². The Kier molecular flexibility index (Phi) is 7.98. The molecule has 0 aliphatic heterocycles. The summed E-state index contributed by atoms with van der Waals surface area (Å²) in [6.45, 7) is 2.48. The van der Waals surface area contributed by atoms with E-state index in [1.54, 1.807) is 23.3 Å². The zero-order chi connectivity index (χ0) is 27.5. The second-order valence-corrected chi connectivity index (χ2v) is 9.57. The second-order valence-electron chi connectivity index (χ2n) is 9.57. The van der Waals surface area contributed by atoms with E-state index in [1.807, 2.05) is 17.7 Å². The average Bonchev–Trinajstić information content (AvgIpc) is 3.54. The molecule has 0 bridgehead atoms. The molecule has 1 fully saturated rings. The number of ether oxygens (including phenoxy) is 1. The first-order chi connectivity index (χ1) is 18.9. The normalized spacial score (nSPS) is 18.5. The molecular weight excluding hydrogens is 515 g/mol. The van der Waals surface area contributed by atoms with Gasteiger partial charge >= 0.3 is 0 Å². The monoisotopic (exact) mass is 545 g/mol. The van der Waals surface area contributed by atoms with E-state index in [4.69, 9.17) is 14.9 Å². The molecule has 0 unspecified atom stereocenters. The van der Waals surface area contributed by atoms with Gasteiger partial charge in [0.25, 0.3) is 12.3 Å². The van der Waals surface area contributed by atoms with Crippen molar-refractivity contribution in [1.82, 2.24) is 29.5 Å². The van der Waals surface area contributed by atoms with E-state index in [2.05, 4.69) is 20.4 Å². The van der Waals surface area contributed by atoms with E-state index in [1.165, 1.54) is 0 Å². The van der Waals surface area contributed by atoms with Crippen LogP contribution >= 0.6 is 0 Å². The maximum absolute atomic E-state index is 14.4. The molecule has 4 heterocycles. The number of rotatable bonds is 10. The van der Waals surface area contributed by atoms with Gasteiger partial charge in [-0.1, -0.05) is 0 Å². The molecule has 5 rings (SSSR count). The van der Waals surface area contributed by atoms with Crippen LogP contribution in [0.5, 0.6) is 5.88 Å². The van der Waals surface area contributed by atoms with Crippen LogP contribution in [0.15, 0.2) is 36.9 Å². The maximum atomic E-state index is 14.4. The average molecular weight is 546 g/mol. The highest BCUT2D eigenvalue weighted by atomic mass is 19.3. The number of alkyl halides is 2. The molecule has 39 heavy (non-hydrogen) atoms. The Bertz CT molecular complexity index is 1420. The van der Waals surface area contributed by atoms with Crippen molar-refractivity contribution in [3.8, 4) is 17.1 Å². The number of halogens is 3. The fraction of sp³-hybridized carbons (Fsp3) is 0.462. The number of nitrogens with one attached hydrogen (secondary N) is 1. The van der Waals surface area contributed by atoms with E-state index in [-0.39, 0.29) is 25.3 Å². The van der Waals surface area contributed by atoms with Crippen molar-refractivity contribution in [2.45, 2.75) is 63.8 Å². The zero-order valence-corrected chi connectivity index (χ0v) is 21.3. The molecule has 4 aromatic heterocycles. The van der Waals surface area contributed by atoms with Crippen molar-refractivity contribution in [3.63, 3.8) is 0 Å². The van der Waals surface area contributed by atoms with Gasteiger partial charge in [-0.25, -0.2) is 23.1 Å². The minimum atomic E-state index is -2.94. The van der Waals surface area contributed by atoms with Crippen LogP contribution in [0, 0.1) is 5.82 Å². The van der Waals surface area contributed by atoms with E-state index >= 15 is 0 Å². The van der Waals surface area contributed by atoms with Gasteiger partial charge in [-0.05, 0) is 38.7 Å². The first-order valence-corrected chi connectivity index (χ1v) is 12.9. The van der Waals surface area contributed by atoms with Gasteiger partial charge in [0.1, 0.15) is 17.6 Å². The van der Waals surface area contributed by atoms with Crippen molar-refractivity contribution in [2.75, 3.05) is 18.5 Å². The minimum absolute atomic E-state index is 0.0226. The number of aliphatic hydroxyl groups excluding tert-OH is 2. The molecule has 1 atom stereocenters. The van der Waals surface area contributed by atoms with Crippen LogP contribution in [-0.4, -0.2) is 65.1 Å². The summed E-state index contributed by atoms with van der Waals surface area (Å²) in [5.41, 5.74) is 1.61. The highest BCUT2D eigenvalue weighted by Crippen LogP contribution is 2.37. The zero-order valence-electron chi connectivity index (χ0n) is 21.3. The van der Waals surface area contributed by atoms with Crippen molar-refractivity contribution >= 4 is 16.7 Å². The fourth-order valence-electron chi connectivity index (χ4n) is 4.92. The van der Waals surface area contributed by atoms with Crippen LogP contribution in [-0.2, 0) is 6.54 Å². The summed E-state index contributed by atoms with van der Waals surface area (Å²) < 4.78 is 49.8. The number of pyridine rings is 2. The number of hydrogen-bond donors (Lipinski definition) is 3. The summed E-state index contributed by atoms with van der Waals surface area (Å²) in [6, 6.07) is 2.93. The summed E-state index contributed by atoms with van der Waals surface area (Å²) in [7, 11) is 0. The predicted molar refractivity (Wildman–Crippen MR) is 137 cm³/mol. The number of aliphatic hydroxyl groups is 2. The first kappa shape index (κ1) is 26.9. The molecule has 0 radical (unpaired) electrons. The predicted octanol–water partition coefficient (Wildman–Crippen LogP) is 4.11. The highest BCUT2D eigenvalue weighted by molar-refractivity contribution is 5.93. The Morgan fingerprint density at radius 3 is 2.69 bits per heavy atom. The lowest BCUT2D eigenvalue weighted by Crippen LogP contribution is -2.27. The largest absolute Gasteiger partial charge is 0.472 e. The lowest BCUT2D eigenvalue weighted by molar-refractivity contribution is 0.0783. The van der Waals surface area contributed by atoms with Crippen LogP contribution in [0.25, 0.3) is 22.2 Å². The third kappa shape index (κ3) is 5.69. The molecule has 0 spiro atoms. The van der Waals surface area contributed by atoms with Gasteiger partial charge in [-0.3, -0.25) is 9.36 Å². The Labute approximate surface area is 222 Å². The Morgan fingerprint density at radius 2 is 1.97 bits per heavy atom. The third-order valence-electron chi connectivity index (χ3n) is 6.86. The molecule has 10 nitrogen and oxygen atoms in total. The summed E-state index contributed by atoms with van der Waals surface area (Å²) in [5, 5.41) is 32.2. The smallest absolute Gasteiger partial charge is 0.266 e. The SMILES string of the molecule is CCNc1cc2c(cn1)c(-c1cnn(C[C@@H](O)CO)c1)nn2[C@H]1CC[C@@H](Oc2nccc(C(F)F)c2F)CC1. The van der Waals surface area contributed by atoms with Crippen LogP contribution in [0.1, 0.15) is 50.6 Å². The molecule has 1 aliphatic rings.